The Kier molecular flexibility index (Phi) is 5.01. The van der Waals surface area contributed by atoms with Crippen molar-refractivity contribution in [1.29, 1.82) is 0 Å². The van der Waals surface area contributed by atoms with E-state index >= 15 is 0 Å². The first kappa shape index (κ1) is 16.7. The normalized spacial score (nSPS) is 12.7. The summed E-state index contributed by atoms with van der Waals surface area (Å²) in [5.74, 6) is 0. The number of nitrogen functional groups attached to an aromatic ring is 1. The highest BCUT2D eigenvalue weighted by Gasteiger charge is 2.21. The minimum atomic E-state index is -3.46. The Morgan fingerprint density at radius 1 is 1.30 bits per heavy atom. The predicted octanol–water partition coefficient (Wildman–Crippen LogP) is 0.929. The zero-order valence-electron chi connectivity index (χ0n) is 12.7. The summed E-state index contributed by atoms with van der Waals surface area (Å²) in [4.78, 5) is 2.28. The summed E-state index contributed by atoms with van der Waals surface area (Å²) in [6.45, 7) is 4.82. The standard InChI is InChI=1S/C13H24N4O2S/c1-13(2,17(4)5)9-16-12-8-10(6-7-11(12)14)20(18,19)15-3/h6-8,15-16H,9,14H2,1-5H3. The Morgan fingerprint density at radius 3 is 2.40 bits per heavy atom. The summed E-state index contributed by atoms with van der Waals surface area (Å²) in [5, 5.41) is 3.21. The van der Waals surface area contributed by atoms with Gasteiger partial charge in [0.05, 0.1) is 16.3 Å². The maximum Gasteiger partial charge on any atom is 0.240 e. The largest absolute Gasteiger partial charge is 0.397 e. The van der Waals surface area contributed by atoms with Crippen molar-refractivity contribution in [2.75, 3.05) is 38.7 Å². The summed E-state index contributed by atoms with van der Waals surface area (Å²) in [6.07, 6.45) is 0. The van der Waals surface area contributed by atoms with Crippen molar-refractivity contribution in [3.63, 3.8) is 0 Å². The Hall–Kier alpha value is -1.31. The fraction of sp³-hybridized carbons (Fsp3) is 0.538. The van der Waals surface area contributed by atoms with E-state index in [0.717, 1.165) is 0 Å². The lowest BCUT2D eigenvalue weighted by atomic mass is 10.0. The zero-order valence-corrected chi connectivity index (χ0v) is 13.5. The summed E-state index contributed by atoms with van der Waals surface area (Å²) in [6, 6.07) is 4.63. The predicted molar refractivity (Wildman–Crippen MR) is 83.4 cm³/mol. The highest BCUT2D eigenvalue weighted by atomic mass is 32.2. The van der Waals surface area contributed by atoms with Gasteiger partial charge in [0.15, 0.2) is 0 Å². The molecule has 0 amide bonds. The first-order chi connectivity index (χ1) is 9.10. The minimum absolute atomic E-state index is 0.0790. The van der Waals surface area contributed by atoms with Gasteiger partial charge in [-0.3, -0.25) is 0 Å². The second kappa shape index (κ2) is 5.99. The highest BCUT2D eigenvalue weighted by molar-refractivity contribution is 7.89. The molecule has 0 aliphatic carbocycles. The number of likely N-dealkylation sites (N-methyl/N-ethyl adjacent to an activating group) is 1. The third-order valence-corrected chi connectivity index (χ3v) is 4.94. The van der Waals surface area contributed by atoms with Crippen molar-refractivity contribution >= 4 is 21.4 Å². The average Bonchev–Trinajstić information content (AvgIpc) is 2.37. The summed E-state index contributed by atoms with van der Waals surface area (Å²) < 4.78 is 25.9. The van der Waals surface area contributed by atoms with Gasteiger partial charge in [-0.15, -0.1) is 0 Å². The molecule has 1 aromatic rings. The maximum absolute atomic E-state index is 11.8. The Morgan fingerprint density at radius 2 is 1.90 bits per heavy atom. The van der Waals surface area contributed by atoms with E-state index in [4.69, 9.17) is 5.73 Å². The van der Waals surface area contributed by atoms with Crippen molar-refractivity contribution in [2.45, 2.75) is 24.3 Å². The molecule has 0 aliphatic rings. The number of rotatable bonds is 6. The fourth-order valence-corrected chi connectivity index (χ4v) is 2.20. The van der Waals surface area contributed by atoms with E-state index in [9.17, 15) is 8.42 Å². The Bertz CT molecular complexity index is 568. The lowest BCUT2D eigenvalue weighted by molar-refractivity contribution is 0.210. The number of sulfonamides is 1. The van der Waals surface area contributed by atoms with E-state index in [1.807, 2.05) is 14.1 Å². The summed E-state index contributed by atoms with van der Waals surface area (Å²) in [7, 11) is 1.91. The molecule has 1 rings (SSSR count). The topological polar surface area (TPSA) is 87.5 Å². The van der Waals surface area contributed by atoms with Crippen molar-refractivity contribution < 1.29 is 8.42 Å². The molecule has 0 atom stereocenters. The molecular weight excluding hydrogens is 276 g/mol. The van der Waals surface area contributed by atoms with Crippen LogP contribution in [-0.2, 0) is 10.0 Å². The first-order valence-corrected chi connectivity index (χ1v) is 7.83. The first-order valence-electron chi connectivity index (χ1n) is 6.34. The van der Waals surface area contributed by atoms with Crippen molar-refractivity contribution in [3.05, 3.63) is 18.2 Å². The van der Waals surface area contributed by atoms with Crippen LogP contribution < -0.4 is 15.8 Å². The van der Waals surface area contributed by atoms with Gasteiger partial charge >= 0.3 is 0 Å². The van der Waals surface area contributed by atoms with Crippen LogP contribution in [0.1, 0.15) is 13.8 Å². The molecule has 0 radical (unpaired) electrons. The molecule has 0 spiro atoms. The molecule has 1 aromatic carbocycles. The highest BCUT2D eigenvalue weighted by Crippen LogP contribution is 2.24. The Labute approximate surface area is 121 Å². The summed E-state index contributed by atoms with van der Waals surface area (Å²) >= 11 is 0. The van der Waals surface area contributed by atoms with E-state index in [1.165, 1.54) is 13.1 Å². The molecule has 114 valence electrons. The maximum atomic E-state index is 11.8. The van der Waals surface area contributed by atoms with Crippen molar-refractivity contribution in [3.8, 4) is 0 Å². The molecule has 0 aliphatic heterocycles. The van der Waals surface area contributed by atoms with Gasteiger partial charge in [0, 0.05) is 12.1 Å². The molecule has 0 unspecified atom stereocenters. The number of nitrogens with two attached hydrogens (primary N) is 1. The quantitative estimate of drug-likeness (QED) is 0.680. The second-order valence-electron chi connectivity index (χ2n) is 5.52. The number of nitrogens with one attached hydrogen (secondary N) is 2. The van der Waals surface area contributed by atoms with Gasteiger partial charge < -0.3 is 16.0 Å². The monoisotopic (exact) mass is 300 g/mol. The molecule has 0 bridgehead atoms. The number of nitrogens with zero attached hydrogens (tertiary/aromatic N) is 1. The third-order valence-electron chi connectivity index (χ3n) is 3.53. The SMILES string of the molecule is CNS(=O)(=O)c1ccc(N)c(NCC(C)(C)N(C)C)c1. The zero-order chi connectivity index (χ0) is 15.6. The van der Waals surface area contributed by atoms with Gasteiger partial charge in [0.2, 0.25) is 10.0 Å². The molecule has 4 N–H and O–H groups in total. The van der Waals surface area contributed by atoms with Crippen molar-refractivity contribution in [2.24, 2.45) is 0 Å². The van der Waals surface area contributed by atoms with Gasteiger partial charge in [0.25, 0.3) is 0 Å². The van der Waals surface area contributed by atoms with Crippen LogP contribution in [0.4, 0.5) is 11.4 Å². The average molecular weight is 300 g/mol. The minimum Gasteiger partial charge on any atom is -0.397 e. The van der Waals surface area contributed by atoms with E-state index in [2.05, 4.69) is 28.8 Å². The van der Waals surface area contributed by atoms with Crippen LogP contribution >= 0.6 is 0 Å². The van der Waals surface area contributed by atoms with Crippen LogP contribution in [0.2, 0.25) is 0 Å². The van der Waals surface area contributed by atoms with Gasteiger partial charge in [-0.25, -0.2) is 13.1 Å². The molecule has 0 saturated carbocycles. The smallest absolute Gasteiger partial charge is 0.240 e. The lowest BCUT2D eigenvalue weighted by Crippen LogP contribution is -2.44. The molecule has 0 saturated heterocycles. The van der Waals surface area contributed by atoms with Crippen LogP contribution in [0.3, 0.4) is 0 Å². The van der Waals surface area contributed by atoms with Gasteiger partial charge in [0.1, 0.15) is 0 Å². The number of anilines is 2. The summed E-state index contributed by atoms with van der Waals surface area (Å²) in [5.41, 5.74) is 6.95. The van der Waals surface area contributed by atoms with Crippen LogP contribution in [0, 0.1) is 0 Å². The van der Waals surface area contributed by atoms with Gasteiger partial charge in [-0.05, 0) is 53.2 Å². The van der Waals surface area contributed by atoms with E-state index in [0.29, 0.717) is 17.9 Å². The molecule has 6 nitrogen and oxygen atoms in total. The lowest BCUT2D eigenvalue weighted by Gasteiger charge is -2.33. The molecule has 20 heavy (non-hydrogen) atoms. The number of hydrogen-bond donors (Lipinski definition) is 3. The molecule has 7 heteroatoms. The molecule has 0 fully saturated rings. The van der Waals surface area contributed by atoms with Crippen LogP contribution in [-0.4, -0.2) is 46.5 Å². The fourth-order valence-electron chi connectivity index (χ4n) is 1.44. The van der Waals surface area contributed by atoms with E-state index in [1.54, 1.807) is 12.1 Å². The van der Waals surface area contributed by atoms with E-state index in [-0.39, 0.29) is 10.4 Å². The third kappa shape index (κ3) is 3.84. The van der Waals surface area contributed by atoms with Crippen molar-refractivity contribution in [1.82, 2.24) is 9.62 Å². The number of hydrogen-bond acceptors (Lipinski definition) is 5. The molecule has 0 aromatic heterocycles. The van der Waals surface area contributed by atoms with Gasteiger partial charge in [-0.2, -0.15) is 0 Å². The second-order valence-corrected chi connectivity index (χ2v) is 7.40. The number of benzene rings is 1. The van der Waals surface area contributed by atoms with Crippen LogP contribution in [0.5, 0.6) is 0 Å². The van der Waals surface area contributed by atoms with Crippen LogP contribution in [0.15, 0.2) is 23.1 Å². The van der Waals surface area contributed by atoms with Crippen LogP contribution in [0.25, 0.3) is 0 Å². The Balaban J connectivity index is 3.00. The van der Waals surface area contributed by atoms with E-state index < -0.39 is 10.0 Å². The molecule has 0 heterocycles. The molecular formula is C13H24N4O2S. The van der Waals surface area contributed by atoms with Gasteiger partial charge in [-0.1, -0.05) is 0 Å².